The van der Waals surface area contributed by atoms with Crippen LogP contribution in [-0.4, -0.2) is 16.1 Å². The lowest BCUT2D eigenvalue weighted by Gasteiger charge is -2.12. The van der Waals surface area contributed by atoms with E-state index >= 15 is 0 Å². The lowest BCUT2D eigenvalue weighted by atomic mass is 10.0. The Hall–Kier alpha value is -2.55. The Morgan fingerprint density at radius 3 is 2.52 bits per heavy atom. The van der Waals surface area contributed by atoms with E-state index in [-0.39, 0.29) is 0 Å². The number of nitrogens with zero attached hydrogens (tertiary/aromatic N) is 2. The van der Waals surface area contributed by atoms with Crippen LogP contribution >= 0.6 is 0 Å². The highest BCUT2D eigenvalue weighted by atomic mass is 15.0. The summed E-state index contributed by atoms with van der Waals surface area (Å²) >= 11 is 0. The highest BCUT2D eigenvalue weighted by molar-refractivity contribution is 5.77. The third kappa shape index (κ3) is 3.14. The van der Waals surface area contributed by atoms with Crippen molar-refractivity contribution in [3.63, 3.8) is 0 Å². The van der Waals surface area contributed by atoms with E-state index < -0.39 is 0 Å². The van der Waals surface area contributed by atoms with E-state index in [9.17, 15) is 0 Å². The minimum Gasteiger partial charge on any atom is -0.384 e. The van der Waals surface area contributed by atoms with E-state index in [4.69, 9.17) is 0 Å². The van der Waals surface area contributed by atoms with Gasteiger partial charge in [0.1, 0.15) is 5.82 Å². The van der Waals surface area contributed by atoms with Crippen LogP contribution in [0.15, 0.2) is 67.0 Å². The smallest absolute Gasteiger partial charge is 0.110 e. The van der Waals surface area contributed by atoms with Crippen molar-refractivity contribution in [1.82, 2.24) is 9.55 Å². The van der Waals surface area contributed by atoms with Crippen molar-refractivity contribution < 1.29 is 0 Å². The molecule has 0 aliphatic rings. The molecule has 0 fully saturated rings. The number of hydrogen-bond acceptors (Lipinski definition) is 2. The number of aryl methyl sites for hydroxylation is 1. The molecule has 1 N–H and O–H groups in total. The van der Waals surface area contributed by atoms with E-state index in [1.807, 2.05) is 25.5 Å². The van der Waals surface area contributed by atoms with E-state index in [2.05, 4.69) is 63.4 Å². The fourth-order valence-electron chi connectivity index (χ4n) is 2.45. The molecule has 0 radical (unpaired) electrons. The molecule has 2 aromatic carbocycles. The lowest BCUT2D eigenvalue weighted by Crippen LogP contribution is -2.09. The number of anilines is 1. The van der Waals surface area contributed by atoms with Crippen molar-refractivity contribution in [2.24, 2.45) is 7.05 Å². The summed E-state index contributed by atoms with van der Waals surface area (Å²) in [7, 11) is 2.03. The van der Waals surface area contributed by atoms with E-state index in [0.29, 0.717) is 0 Å². The number of benzene rings is 2. The fourth-order valence-corrected chi connectivity index (χ4v) is 2.45. The zero-order valence-corrected chi connectivity index (χ0v) is 12.2. The van der Waals surface area contributed by atoms with Crippen LogP contribution in [0, 0.1) is 0 Å². The van der Waals surface area contributed by atoms with Gasteiger partial charge in [0.25, 0.3) is 0 Å². The monoisotopic (exact) mass is 277 g/mol. The molecular formula is C18H19N3. The fraction of sp³-hybridized carbons (Fsp3) is 0.167. The average molecular weight is 277 g/mol. The van der Waals surface area contributed by atoms with Crippen LogP contribution in [0.25, 0.3) is 11.1 Å². The maximum Gasteiger partial charge on any atom is 0.110 e. The second-order valence-electron chi connectivity index (χ2n) is 5.04. The molecule has 3 aromatic rings. The van der Waals surface area contributed by atoms with Crippen molar-refractivity contribution >= 4 is 5.69 Å². The highest BCUT2D eigenvalue weighted by Gasteiger charge is 2.04. The van der Waals surface area contributed by atoms with E-state index in [0.717, 1.165) is 24.5 Å². The lowest BCUT2D eigenvalue weighted by molar-refractivity contribution is 0.790. The minimum absolute atomic E-state index is 0.870. The van der Waals surface area contributed by atoms with Gasteiger partial charge in [0.2, 0.25) is 0 Å². The number of hydrogen-bond donors (Lipinski definition) is 1. The highest BCUT2D eigenvalue weighted by Crippen LogP contribution is 2.27. The largest absolute Gasteiger partial charge is 0.384 e. The van der Waals surface area contributed by atoms with Gasteiger partial charge in [-0.15, -0.1) is 0 Å². The number of nitrogens with one attached hydrogen (secondary N) is 1. The first kappa shape index (κ1) is 13.4. The predicted molar refractivity (Wildman–Crippen MR) is 87.3 cm³/mol. The molecule has 0 spiro atoms. The summed E-state index contributed by atoms with van der Waals surface area (Å²) in [5, 5.41) is 3.52. The molecule has 1 aromatic heterocycles. The molecule has 0 aliphatic heterocycles. The van der Waals surface area contributed by atoms with Crippen molar-refractivity contribution in [3.05, 3.63) is 72.8 Å². The second kappa shape index (κ2) is 6.27. The van der Waals surface area contributed by atoms with Gasteiger partial charge in [-0.05, 0) is 11.6 Å². The Morgan fingerprint density at radius 1 is 1.00 bits per heavy atom. The first-order valence-electron chi connectivity index (χ1n) is 7.19. The SMILES string of the molecule is Cn1ccnc1CCNc1ccccc1-c1ccccc1. The van der Waals surface area contributed by atoms with Gasteiger partial charge in [0.05, 0.1) is 0 Å². The third-order valence-electron chi connectivity index (χ3n) is 3.60. The maximum atomic E-state index is 4.35. The summed E-state index contributed by atoms with van der Waals surface area (Å²) in [6.45, 7) is 0.870. The number of imidazole rings is 1. The molecule has 0 unspecified atom stereocenters. The molecule has 106 valence electrons. The van der Waals surface area contributed by atoms with Gasteiger partial charge in [-0.3, -0.25) is 0 Å². The van der Waals surface area contributed by atoms with E-state index in [1.165, 1.54) is 11.1 Å². The zero-order chi connectivity index (χ0) is 14.5. The quantitative estimate of drug-likeness (QED) is 0.770. The molecule has 3 rings (SSSR count). The molecule has 0 saturated heterocycles. The van der Waals surface area contributed by atoms with Crippen LogP contribution in [0.1, 0.15) is 5.82 Å². The molecule has 3 heteroatoms. The number of para-hydroxylation sites is 1. The van der Waals surface area contributed by atoms with Gasteiger partial charge in [0.15, 0.2) is 0 Å². The summed E-state index contributed by atoms with van der Waals surface area (Å²) in [6, 6.07) is 18.9. The van der Waals surface area contributed by atoms with Crippen LogP contribution in [0.5, 0.6) is 0 Å². The van der Waals surface area contributed by atoms with Gasteiger partial charge < -0.3 is 9.88 Å². The van der Waals surface area contributed by atoms with Crippen molar-refractivity contribution in [2.45, 2.75) is 6.42 Å². The summed E-state index contributed by atoms with van der Waals surface area (Å²) in [4.78, 5) is 4.35. The Balaban J connectivity index is 1.73. The van der Waals surface area contributed by atoms with Crippen LogP contribution < -0.4 is 5.32 Å². The maximum absolute atomic E-state index is 4.35. The van der Waals surface area contributed by atoms with Crippen LogP contribution in [-0.2, 0) is 13.5 Å². The zero-order valence-electron chi connectivity index (χ0n) is 12.2. The van der Waals surface area contributed by atoms with Gasteiger partial charge in [0, 0.05) is 43.7 Å². The predicted octanol–water partition coefficient (Wildman–Crippen LogP) is 3.74. The molecule has 0 aliphatic carbocycles. The molecule has 3 nitrogen and oxygen atoms in total. The summed E-state index contributed by atoms with van der Waals surface area (Å²) in [5.41, 5.74) is 3.63. The summed E-state index contributed by atoms with van der Waals surface area (Å²) in [6.07, 6.45) is 4.73. The standard InChI is InChI=1S/C18H19N3/c1-21-14-13-20-18(21)11-12-19-17-10-6-5-9-16(17)15-7-3-2-4-8-15/h2-10,13-14,19H,11-12H2,1H3. The topological polar surface area (TPSA) is 29.9 Å². The first-order chi connectivity index (χ1) is 10.3. The van der Waals surface area contributed by atoms with Gasteiger partial charge >= 0.3 is 0 Å². The Bertz CT molecular complexity index is 701. The average Bonchev–Trinajstić information content (AvgIpc) is 2.94. The molecule has 0 saturated carbocycles. The molecule has 21 heavy (non-hydrogen) atoms. The number of aromatic nitrogens is 2. The normalized spacial score (nSPS) is 10.5. The molecular weight excluding hydrogens is 258 g/mol. The number of rotatable bonds is 5. The van der Waals surface area contributed by atoms with Gasteiger partial charge in [-0.25, -0.2) is 4.98 Å². The molecule has 0 amide bonds. The summed E-state index contributed by atoms with van der Waals surface area (Å²) in [5.74, 6) is 1.10. The van der Waals surface area contributed by atoms with Crippen LogP contribution in [0.2, 0.25) is 0 Å². The summed E-state index contributed by atoms with van der Waals surface area (Å²) < 4.78 is 2.06. The molecule has 0 atom stereocenters. The van der Waals surface area contributed by atoms with Crippen LogP contribution in [0.4, 0.5) is 5.69 Å². The minimum atomic E-state index is 0.870. The Labute approximate surface area is 125 Å². The van der Waals surface area contributed by atoms with Crippen molar-refractivity contribution in [1.29, 1.82) is 0 Å². The van der Waals surface area contributed by atoms with Gasteiger partial charge in [-0.1, -0.05) is 48.5 Å². The van der Waals surface area contributed by atoms with Crippen LogP contribution in [0.3, 0.4) is 0 Å². The Kier molecular flexibility index (Phi) is 4.01. The molecule has 1 heterocycles. The molecule has 0 bridgehead atoms. The van der Waals surface area contributed by atoms with Crippen molar-refractivity contribution in [2.75, 3.05) is 11.9 Å². The first-order valence-corrected chi connectivity index (χ1v) is 7.19. The van der Waals surface area contributed by atoms with E-state index in [1.54, 1.807) is 0 Å². The van der Waals surface area contributed by atoms with Crippen molar-refractivity contribution in [3.8, 4) is 11.1 Å². The third-order valence-corrected chi connectivity index (χ3v) is 3.60. The Morgan fingerprint density at radius 2 is 1.76 bits per heavy atom. The van der Waals surface area contributed by atoms with Gasteiger partial charge in [-0.2, -0.15) is 0 Å². The second-order valence-corrected chi connectivity index (χ2v) is 5.04.